The van der Waals surface area contributed by atoms with Gasteiger partial charge in [-0.15, -0.1) is 0 Å². The van der Waals surface area contributed by atoms with Crippen molar-refractivity contribution in [1.29, 1.82) is 0 Å². The molecule has 2 rings (SSSR count). The van der Waals surface area contributed by atoms with Gasteiger partial charge in [0.05, 0.1) is 23.8 Å². The van der Waals surface area contributed by atoms with Crippen molar-refractivity contribution in [3.8, 4) is 0 Å². The number of anilines is 3. The van der Waals surface area contributed by atoms with Gasteiger partial charge in [-0.25, -0.2) is 0 Å². The fraction of sp³-hybridized carbons (Fsp3) is 0.214. The van der Waals surface area contributed by atoms with E-state index in [0.717, 1.165) is 30.0 Å². The third-order valence-electron chi connectivity index (χ3n) is 2.38. The van der Waals surface area contributed by atoms with Gasteiger partial charge in [0, 0.05) is 12.2 Å². The number of nitrogens with one attached hydrogen (secondary N) is 2. The summed E-state index contributed by atoms with van der Waals surface area (Å²) in [6.45, 7) is 3.11. The normalized spacial score (nSPS) is 9.94. The van der Waals surface area contributed by atoms with Crippen LogP contribution in [-0.4, -0.2) is 11.5 Å². The van der Waals surface area contributed by atoms with Crippen molar-refractivity contribution in [3.05, 3.63) is 48.8 Å². The molecule has 3 heteroatoms. The van der Waals surface area contributed by atoms with Gasteiger partial charge < -0.3 is 10.6 Å². The lowest BCUT2D eigenvalue weighted by molar-refractivity contribution is 0.978. The highest BCUT2D eigenvalue weighted by Crippen LogP contribution is 2.18. The third kappa shape index (κ3) is 3.48. The Morgan fingerprint density at radius 1 is 1.00 bits per heavy atom. The molecule has 0 aliphatic heterocycles. The van der Waals surface area contributed by atoms with Crippen LogP contribution in [-0.2, 0) is 0 Å². The molecule has 88 valence electrons. The largest absolute Gasteiger partial charge is 0.384 e. The lowest BCUT2D eigenvalue weighted by atomic mass is 10.3. The first kappa shape index (κ1) is 11.5. The molecule has 0 aliphatic rings. The summed E-state index contributed by atoms with van der Waals surface area (Å²) in [5, 5.41) is 6.64. The first-order valence-corrected chi connectivity index (χ1v) is 5.89. The topological polar surface area (TPSA) is 37.0 Å². The van der Waals surface area contributed by atoms with Gasteiger partial charge >= 0.3 is 0 Å². The van der Waals surface area contributed by atoms with E-state index in [1.165, 1.54) is 0 Å². The molecule has 0 saturated heterocycles. The number of nitrogens with zero attached hydrogens (tertiary/aromatic N) is 1. The predicted molar refractivity (Wildman–Crippen MR) is 72.7 cm³/mol. The second kappa shape index (κ2) is 5.89. The summed E-state index contributed by atoms with van der Waals surface area (Å²) in [4.78, 5) is 4.21. The molecule has 0 unspecified atom stereocenters. The Kier molecular flexibility index (Phi) is 3.97. The fourth-order valence-corrected chi connectivity index (χ4v) is 1.56. The van der Waals surface area contributed by atoms with Crippen molar-refractivity contribution in [1.82, 2.24) is 4.98 Å². The smallest absolute Gasteiger partial charge is 0.0591 e. The Balaban J connectivity index is 2.06. The van der Waals surface area contributed by atoms with Crippen molar-refractivity contribution in [2.75, 3.05) is 17.2 Å². The van der Waals surface area contributed by atoms with Crippen LogP contribution in [0.25, 0.3) is 0 Å². The van der Waals surface area contributed by atoms with E-state index in [4.69, 9.17) is 0 Å². The summed E-state index contributed by atoms with van der Waals surface area (Å²) < 4.78 is 0. The Morgan fingerprint density at radius 3 is 2.53 bits per heavy atom. The molecule has 0 radical (unpaired) electrons. The zero-order chi connectivity index (χ0) is 11.9. The Hall–Kier alpha value is -2.03. The average molecular weight is 227 g/mol. The standard InChI is InChI=1S/C14H17N3/c1-2-8-16-13-9-14(11-15-10-13)17-12-6-4-3-5-7-12/h3-7,9-11,16-17H,2,8H2,1H3. The third-order valence-corrected chi connectivity index (χ3v) is 2.38. The number of hydrogen-bond donors (Lipinski definition) is 2. The molecule has 0 aliphatic carbocycles. The highest BCUT2D eigenvalue weighted by molar-refractivity contribution is 5.62. The molecule has 0 saturated carbocycles. The summed E-state index contributed by atoms with van der Waals surface area (Å²) >= 11 is 0. The number of rotatable bonds is 5. The maximum absolute atomic E-state index is 4.21. The van der Waals surface area contributed by atoms with E-state index in [0.29, 0.717) is 0 Å². The summed E-state index contributed by atoms with van der Waals surface area (Å²) in [7, 11) is 0. The van der Waals surface area contributed by atoms with E-state index in [2.05, 4.69) is 28.6 Å². The molecule has 0 amide bonds. The first-order chi connectivity index (χ1) is 8.38. The van der Waals surface area contributed by atoms with Gasteiger partial charge in [-0.2, -0.15) is 0 Å². The molecular weight excluding hydrogens is 210 g/mol. The van der Waals surface area contributed by atoms with Gasteiger partial charge in [-0.1, -0.05) is 25.1 Å². The zero-order valence-corrected chi connectivity index (χ0v) is 9.98. The molecular formula is C14H17N3. The number of para-hydroxylation sites is 1. The van der Waals surface area contributed by atoms with Crippen LogP contribution in [0.2, 0.25) is 0 Å². The second-order valence-electron chi connectivity index (χ2n) is 3.88. The minimum absolute atomic E-state index is 0.969. The summed E-state index contributed by atoms with van der Waals surface area (Å²) in [5.41, 5.74) is 3.12. The van der Waals surface area contributed by atoms with Crippen molar-refractivity contribution in [2.45, 2.75) is 13.3 Å². The second-order valence-corrected chi connectivity index (χ2v) is 3.88. The van der Waals surface area contributed by atoms with Crippen LogP contribution in [0.1, 0.15) is 13.3 Å². The molecule has 2 N–H and O–H groups in total. The van der Waals surface area contributed by atoms with Crippen LogP contribution in [0.15, 0.2) is 48.8 Å². The quantitative estimate of drug-likeness (QED) is 0.818. The van der Waals surface area contributed by atoms with Crippen molar-refractivity contribution >= 4 is 17.1 Å². The number of pyridine rings is 1. The van der Waals surface area contributed by atoms with Gasteiger partial charge in [0.1, 0.15) is 0 Å². The van der Waals surface area contributed by atoms with Crippen molar-refractivity contribution < 1.29 is 0 Å². The maximum Gasteiger partial charge on any atom is 0.0591 e. The lowest BCUT2D eigenvalue weighted by Crippen LogP contribution is -2.00. The van der Waals surface area contributed by atoms with E-state index in [9.17, 15) is 0 Å². The summed E-state index contributed by atoms with van der Waals surface area (Å²) in [5.74, 6) is 0. The monoisotopic (exact) mass is 227 g/mol. The molecule has 0 spiro atoms. The first-order valence-electron chi connectivity index (χ1n) is 5.89. The fourth-order valence-electron chi connectivity index (χ4n) is 1.56. The molecule has 0 bridgehead atoms. The Bertz CT molecular complexity index is 454. The van der Waals surface area contributed by atoms with Gasteiger partial charge in [0.25, 0.3) is 0 Å². The number of aromatic nitrogens is 1. The van der Waals surface area contributed by atoms with Crippen molar-refractivity contribution in [2.24, 2.45) is 0 Å². The Labute approximate surface area is 102 Å². The van der Waals surface area contributed by atoms with Crippen molar-refractivity contribution in [3.63, 3.8) is 0 Å². The van der Waals surface area contributed by atoms with Crippen LogP contribution in [0, 0.1) is 0 Å². The van der Waals surface area contributed by atoms with E-state index in [1.54, 1.807) is 0 Å². The molecule has 1 heterocycles. The van der Waals surface area contributed by atoms with E-state index < -0.39 is 0 Å². The maximum atomic E-state index is 4.21. The molecule has 2 aromatic rings. The van der Waals surface area contributed by atoms with Gasteiger partial charge in [-0.05, 0) is 24.6 Å². The highest BCUT2D eigenvalue weighted by Gasteiger charge is 1.96. The van der Waals surface area contributed by atoms with Gasteiger partial charge in [-0.3, -0.25) is 4.98 Å². The average Bonchev–Trinajstić information content (AvgIpc) is 2.38. The number of benzene rings is 1. The van der Waals surface area contributed by atoms with Gasteiger partial charge in [0.2, 0.25) is 0 Å². The number of hydrogen-bond acceptors (Lipinski definition) is 3. The van der Waals surface area contributed by atoms with E-state index in [-0.39, 0.29) is 0 Å². The highest BCUT2D eigenvalue weighted by atomic mass is 14.9. The molecule has 0 atom stereocenters. The molecule has 1 aromatic heterocycles. The minimum Gasteiger partial charge on any atom is -0.384 e. The van der Waals surface area contributed by atoms with Crippen LogP contribution in [0.5, 0.6) is 0 Å². The molecule has 0 fully saturated rings. The molecule has 3 nitrogen and oxygen atoms in total. The molecule has 17 heavy (non-hydrogen) atoms. The van der Waals surface area contributed by atoms with E-state index in [1.807, 2.05) is 42.7 Å². The summed E-state index contributed by atoms with van der Waals surface area (Å²) in [6, 6.07) is 12.2. The Morgan fingerprint density at radius 2 is 1.76 bits per heavy atom. The van der Waals surface area contributed by atoms with Crippen LogP contribution < -0.4 is 10.6 Å². The van der Waals surface area contributed by atoms with Crippen LogP contribution in [0.4, 0.5) is 17.1 Å². The predicted octanol–water partition coefficient (Wildman–Crippen LogP) is 3.65. The van der Waals surface area contributed by atoms with Crippen LogP contribution in [0.3, 0.4) is 0 Å². The zero-order valence-electron chi connectivity index (χ0n) is 9.98. The minimum atomic E-state index is 0.969. The molecule has 1 aromatic carbocycles. The SMILES string of the molecule is CCCNc1cncc(Nc2ccccc2)c1. The summed E-state index contributed by atoms with van der Waals surface area (Å²) in [6.07, 6.45) is 4.77. The van der Waals surface area contributed by atoms with E-state index >= 15 is 0 Å². The van der Waals surface area contributed by atoms with Gasteiger partial charge in [0.15, 0.2) is 0 Å². The van der Waals surface area contributed by atoms with Crippen LogP contribution >= 0.6 is 0 Å². The lowest BCUT2D eigenvalue weighted by Gasteiger charge is -2.08.